The summed E-state index contributed by atoms with van der Waals surface area (Å²) >= 11 is 5.21. The third kappa shape index (κ3) is 4.71. The number of carbonyl (C=O) groups excluding carboxylic acids is 1. The molecule has 152 valence electrons. The molecule has 0 bridgehead atoms. The van der Waals surface area contributed by atoms with Crippen LogP contribution in [0.2, 0.25) is 0 Å². The Bertz CT molecular complexity index is 992. The lowest BCUT2D eigenvalue weighted by atomic mass is 9.94. The van der Waals surface area contributed by atoms with Gasteiger partial charge in [0, 0.05) is 16.9 Å². The first-order valence-electron chi connectivity index (χ1n) is 8.97. The molecule has 0 aliphatic carbocycles. The van der Waals surface area contributed by atoms with E-state index in [-0.39, 0.29) is 11.7 Å². The average molecular weight is 417 g/mol. The van der Waals surface area contributed by atoms with Crippen molar-refractivity contribution in [2.24, 2.45) is 0 Å². The van der Waals surface area contributed by atoms with Crippen LogP contribution in [0.1, 0.15) is 29.7 Å². The van der Waals surface area contributed by atoms with E-state index in [1.807, 2.05) is 32.0 Å². The summed E-state index contributed by atoms with van der Waals surface area (Å²) < 4.78 is 30.4. The van der Waals surface area contributed by atoms with Crippen LogP contribution in [0.15, 0.2) is 53.7 Å². The number of amides is 1. The summed E-state index contributed by atoms with van der Waals surface area (Å²) in [5.74, 6) is -0.390. The second kappa shape index (κ2) is 8.57. The fourth-order valence-corrected chi connectivity index (χ4v) is 3.44. The molecule has 8 heteroatoms. The van der Waals surface area contributed by atoms with Crippen LogP contribution >= 0.6 is 12.2 Å². The summed E-state index contributed by atoms with van der Waals surface area (Å²) in [6.45, 7) is 2.67. The first-order chi connectivity index (χ1) is 13.8. The van der Waals surface area contributed by atoms with E-state index in [4.69, 9.17) is 12.2 Å². The number of hydrogen-bond acceptors (Lipinski definition) is 3. The Kier molecular flexibility index (Phi) is 6.12. The third-order valence-electron chi connectivity index (χ3n) is 4.72. The third-order valence-corrected chi connectivity index (χ3v) is 4.94. The maximum atomic E-state index is 13.1. The van der Waals surface area contributed by atoms with Crippen molar-refractivity contribution in [2.75, 3.05) is 5.32 Å². The number of hydrogen-bond donors (Lipinski definition) is 3. The highest BCUT2D eigenvalue weighted by atomic mass is 32.1. The zero-order valence-corrected chi connectivity index (χ0v) is 17.0. The Labute approximate surface area is 173 Å². The van der Waals surface area contributed by atoms with Crippen LogP contribution in [-0.2, 0) is 4.79 Å². The van der Waals surface area contributed by atoms with Crippen LogP contribution in [0.25, 0.3) is 0 Å². The number of benzene rings is 2. The van der Waals surface area contributed by atoms with E-state index >= 15 is 0 Å². The van der Waals surface area contributed by atoms with Crippen LogP contribution in [-0.4, -0.2) is 17.6 Å². The van der Waals surface area contributed by atoms with E-state index in [9.17, 15) is 13.6 Å². The van der Waals surface area contributed by atoms with Crippen molar-refractivity contribution in [1.29, 1.82) is 0 Å². The maximum absolute atomic E-state index is 13.1. The zero-order chi connectivity index (χ0) is 21.1. The van der Waals surface area contributed by atoms with E-state index in [0.717, 1.165) is 11.1 Å². The highest BCUT2D eigenvalue weighted by molar-refractivity contribution is 7.80. The van der Waals surface area contributed by atoms with E-state index in [2.05, 4.69) is 20.7 Å². The molecule has 0 spiro atoms. The molecule has 3 N–H and O–H groups in total. The van der Waals surface area contributed by atoms with Gasteiger partial charge in [0.15, 0.2) is 5.11 Å². The van der Waals surface area contributed by atoms with Crippen LogP contribution < -0.4 is 20.7 Å². The first kappa shape index (κ1) is 20.7. The van der Waals surface area contributed by atoms with E-state index in [0.29, 0.717) is 27.6 Å². The average Bonchev–Trinajstić information content (AvgIpc) is 2.64. The fourth-order valence-electron chi connectivity index (χ4n) is 3.17. The smallest absolute Gasteiger partial charge is 0.387 e. The number of allylic oxidation sites excluding steroid dienone is 1. The summed E-state index contributed by atoms with van der Waals surface area (Å²) in [4.78, 5) is 13.1. The van der Waals surface area contributed by atoms with Gasteiger partial charge >= 0.3 is 6.61 Å². The molecule has 0 saturated carbocycles. The summed E-state index contributed by atoms with van der Waals surface area (Å²) in [5.41, 5.74) is 4.06. The number of halogens is 2. The molecule has 29 heavy (non-hydrogen) atoms. The Hall–Kier alpha value is -3.00. The maximum Gasteiger partial charge on any atom is 0.387 e. The number of carbonyl (C=O) groups is 1. The van der Waals surface area contributed by atoms with Crippen LogP contribution in [0.5, 0.6) is 5.75 Å². The van der Waals surface area contributed by atoms with Gasteiger partial charge in [-0.25, -0.2) is 0 Å². The monoisotopic (exact) mass is 417 g/mol. The van der Waals surface area contributed by atoms with Gasteiger partial charge in [-0.2, -0.15) is 8.78 Å². The quantitative estimate of drug-likeness (QED) is 0.632. The van der Waals surface area contributed by atoms with Crippen molar-refractivity contribution >= 4 is 28.9 Å². The van der Waals surface area contributed by atoms with Gasteiger partial charge in [-0.1, -0.05) is 24.3 Å². The van der Waals surface area contributed by atoms with Crippen LogP contribution in [0.4, 0.5) is 14.5 Å². The Morgan fingerprint density at radius 1 is 1.14 bits per heavy atom. The van der Waals surface area contributed by atoms with Crippen LogP contribution in [0, 0.1) is 13.8 Å². The van der Waals surface area contributed by atoms with Gasteiger partial charge in [0.2, 0.25) is 0 Å². The van der Waals surface area contributed by atoms with Crippen molar-refractivity contribution in [3.05, 3.63) is 70.4 Å². The Morgan fingerprint density at radius 2 is 1.86 bits per heavy atom. The van der Waals surface area contributed by atoms with E-state index < -0.39 is 12.7 Å². The lowest BCUT2D eigenvalue weighted by molar-refractivity contribution is -0.113. The predicted molar refractivity (Wildman–Crippen MR) is 112 cm³/mol. The Morgan fingerprint density at radius 3 is 2.55 bits per heavy atom. The molecule has 1 aliphatic rings. The number of alkyl halides is 2. The minimum atomic E-state index is -2.98. The first-order valence-corrected chi connectivity index (χ1v) is 9.37. The number of rotatable bonds is 5. The minimum absolute atomic E-state index is 0.0195. The van der Waals surface area contributed by atoms with Gasteiger partial charge in [0.25, 0.3) is 5.91 Å². The molecule has 3 rings (SSSR count). The normalized spacial score (nSPS) is 16.3. The number of nitrogens with one attached hydrogen (secondary N) is 3. The van der Waals surface area contributed by atoms with Crippen molar-refractivity contribution in [3.8, 4) is 5.75 Å². The SMILES string of the molecule is CC1=C(C(=O)Nc2ccc(C)c(C)c2)C(c2ccccc2OC(F)F)NC(=S)N1. The van der Waals surface area contributed by atoms with Gasteiger partial charge in [-0.15, -0.1) is 0 Å². The molecule has 2 aromatic carbocycles. The topological polar surface area (TPSA) is 62.4 Å². The molecule has 2 aromatic rings. The molecule has 0 fully saturated rings. The number of aryl methyl sites for hydroxylation is 2. The molecule has 0 aromatic heterocycles. The highest BCUT2D eigenvalue weighted by Crippen LogP contribution is 2.34. The molecule has 1 unspecified atom stereocenters. The van der Waals surface area contributed by atoms with Gasteiger partial charge in [0.05, 0.1) is 11.6 Å². The number of anilines is 1. The summed E-state index contributed by atoms with van der Waals surface area (Å²) in [7, 11) is 0. The largest absolute Gasteiger partial charge is 0.434 e. The molecule has 1 heterocycles. The highest BCUT2D eigenvalue weighted by Gasteiger charge is 2.32. The molecule has 1 atom stereocenters. The lowest BCUT2D eigenvalue weighted by Crippen LogP contribution is -2.45. The standard InChI is InChI=1S/C21H21F2N3O2S/c1-11-8-9-14(10-12(11)2)25-19(27)17-13(3)24-21(29)26-18(17)15-6-4-5-7-16(15)28-20(22)23/h4-10,18,20H,1-3H3,(H,25,27)(H2,24,26,29). The molecule has 1 aliphatic heterocycles. The number of para-hydroxylation sites is 1. The number of thiocarbonyl (C=S) groups is 1. The van der Waals surface area contributed by atoms with E-state index in [1.54, 1.807) is 25.1 Å². The van der Waals surface area contributed by atoms with Gasteiger partial charge in [0.1, 0.15) is 5.75 Å². The van der Waals surface area contributed by atoms with Crippen LogP contribution in [0.3, 0.4) is 0 Å². The minimum Gasteiger partial charge on any atom is -0.434 e. The van der Waals surface area contributed by atoms with Gasteiger partial charge in [-0.05, 0) is 62.3 Å². The summed E-state index contributed by atoms with van der Waals surface area (Å²) in [6, 6.07) is 11.2. The lowest BCUT2D eigenvalue weighted by Gasteiger charge is -2.31. The van der Waals surface area contributed by atoms with Gasteiger partial charge < -0.3 is 20.7 Å². The van der Waals surface area contributed by atoms with Crippen molar-refractivity contribution in [2.45, 2.75) is 33.4 Å². The van der Waals surface area contributed by atoms with Gasteiger partial charge in [-0.3, -0.25) is 4.79 Å². The van der Waals surface area contributed by atoms with Crippen molar-refractivity contribution in [1.82, 2.24) is 10.6 Å². The van der Waals surface area contributed by atoms with Crippen molar-refractivity contribution < 1.29 is 18.3 Å². The molecule has 1 amide bonds. The molecule has 0 saturated heterocycles. The fraction of sp³-hybridized carbons (Fsp3) is 0.238. The number of ether oxygens (including phenoxy) is 1. The second-order valence-corrected chi connectivity index (χ2v) is 7.15. The van der Waals surface area contributed by atoms with E-state index in [1.165, 1.54) is 6.07 Å². The summed E-state index contributed by atoms with van der Waals surface area (Å²) in [6.07, 6.45) is 0. The van der Waals surface area contributed by atoms with Crippen molar-refractivity contribution in [3.63, 3.8) is 0 Å². The summed E-state index contributed by atoms with van der Waals surface area (Å²) in [5, 5.41) is 9.09. The molecular formula is C21H21F2N3O2S. The second-order valence-electron chi connectivity index (χ2n) is 6.74. The molecule has 0 radical (unpaired) electrons. The zero-order valence-electron chi connectivity index (χ0n) is 16.2. The molecular weight excluding hydrogens is 396 g/mol. The molecule has 5 nitrogen and oxygen atoms in total. The Balaban J connectivity index is 1.98. The predicted octanol–water partition coefficient (Wildman–Crippen LogP) is 4.34.